The number of nitrogen functional groups attached to an aromatic ring is 2. The van der Waals surface area contributed by atoms with Crippen LogP contribution in [0.15, 0.2) is 36.4 Å². The first-order valence-electron chi connectivity index (χ1n) is 13.1. The Hall–Kier alpha value is -3.58. The molecule has 0 aliphatic heterocycles. The Morgan fingerprint density at radius 3 is 1.18 bits per heavy atom. The van der Waals surface area contributed by atoms with Crippen LogP contribution in [0.5, 0.6) is 11.5 Å². The van der Waals surface area contributed by atoms with Gasteiger partial charge in [0.25, 0.3) is 0 Å². The van der Waals surface area contributed by atoms with E-state index in [0.29, 0.717) is 39.6 Å². The molecule has 0 radical (unpaired) electrons. The van der Waals surface area contributed by atoms with Crippen molar-refractivity contribution in [3.8, 4) is 11.5 Å². The quantitative estimate of drug-likeness (QED) is 0.135. The van der Waals surface area contributed by atoms with Crippen LogP contribution in [0, 0.1) is 0 Å². The first kappa shape index (κ1) is 34.4. The molecule has 0 fully saturated rings. The molecule has 12 heteroatoms. The van der Waals surface area contributed by atoms with E-state index < -0.39 is 11.9 Å². The monoisotopic (exact) mass is 566 g/mol. The van der Waals surface area contributed by atoms with Crippen LogP contribution >= 0.6 is 0 Å². The van der Waals surface area contributed by atoms with Gasteiger partial charge in [0.05, 0.1) is 39.6 Å². The smallest absolute Gasteiger partial charge is 0.339 e. The van der Waals surface area contributed by atoms with Crippen LogP contribution in [0.1, 0.15) is 47.4 Å². The van der Waals surface area contributed by atoms with E-state index >= 15 is 0 Å². The highest BCUT2D eigenvalue weighted by Crippen LogP contribution is 2.29. The van der Waals surface area contributed by atoms with Gasteiger partial charge in [-0.05, 0) is 49.2 Å². The van der Waals surface area contributed by atoms with Gasteiger partial charge < -0.3 is 50.1 Å². The Balaban J connectivity index is 0.000000850. The number of rotatable bonds is 20. The van der Waals surface area contributed by atoms with Crippen molar-refractivity contribution in [3.63, 3.8) is 0 Å². The Kier molecular flexibility index (Phi) is 18.3. The minimum atomic E-state index is -1.26. The van der Waals surface area contributed by atoms with E-state index in [1.807, 2.05) is 13.8 Å². The van der Waals surface area contributed by atoms with Gasteiger partial charge in [-0.25, -0.2) is 9.59 Å². The number of ether oxygens (including phenoxy) is 6. The molecule has 40 heavy (non-hydrogen) atoms. The van der Waals surface area contributed by atoms with Crippen LogP contribution in [0.25, 0.3) is 0 Å². The highest BCUT2D eigenvalue weighted by Gasteiger charge is 2.21. The summed E-state index contributed by atoms with van der Waals surface area (Å²) < 4.78 is 32.2. The van der Waals surface area contributed by atoms with E-state index in [0.717, 1.165) is 36.3 Å². The molecule has 6 N–H and O–H groups in total. The van der Waals surface area contributed by atoms with Gasteiger partial charge in [0.1, 0.15) is 35.8 Å². The lowest BCUT2D eigenvalue weighted by Crippen LogP contribution is -2.15. The lowest BCUT2D eigenvalue weighted by Gasteiger charge is -2.15. The molecule has 0 heterocycles. The predicted octanol–water partition coefficient (Wildman–Crippen LogP) is 3.58. The lowest BCUT2D eigenvalue weighted by atomic mass is 10.1. The summed E-state index contributed by atoms with van der Waals surface area (Å²) in [4.78, 5) is 23.2. The van der Waals surface area contributed by atoms with E-state index in [1.165, 1.54) is 0 Å². The number of carbonyl (C=O) groups is 2. The zero-order valence-corrected chi connectivity index (χ0v) is 23.3. The first-order valence-corrected chi connectivity index (χ1v) is 13.1. The second kappa shape index (κ2) is 21.3. The van der Waals surface area contributed by atoms with Gasteiger partial charge in [0, 0.05) is 24.6 Å². The van der Waals surface area contributed by atoms with Crippen molar-refractivity contribution in [1.82, 2.24) is 0 Å². The standard InChI is InChI=1S/C22H34O10.C6H8N2/c1-3-5-27-7-9-29-11-13-31-19-15-18(22(25)26)20(16-17(19)21(23)24)32-14-12-30-10-8-28-6-4-2;7-5-1-2-6(8)4-3-5/h15-16H,3-14H2,1-2H3,(H,23,24)(H,25,26);1-4H,7-8H2. The molecule has 0 aromatic heterocycles. The molecular weight excluding hydrogens is 524 g/mol. The average molecular weight is 567 g/mol. The fourth-order valence-electron chi connectivity index (χ4n) is 2.98. The molecule has 0 aliphatic rings. The number of carboxylic acids is 2. The minimum Gasteiger partial charge on any atom is -0.490 e. The SMILES string of the molecule is CCCOCCOCCOc1cc(C(=O)O)c(OCCOCCOCCC)cc1C(=O)O.Nc1ccc(N)cc1. The molecule has 0 spiro atoms. The van der Waals surface area contributed by atoms with Gasteiger partial charge in [-0.2, -0.15) is 0 Å². The van der Waals surface area contributed by atoms with Crippen LogP contribution < -0.4 is 20.9 Å². The van der Waals surface area contributed by atoms with Crippen molar-refractivity contribution in [1.29, 1.82) is 0 Å². The van der Waals surface area contributed by atoms with Crippen molar-refractivity contribution < 1.29 is 48.2 Å². The van der Waals surface area contributed by atoms with E-state index in [2.05, 4.69) is 0 Å². The molecule has 0 saturated carbocycles. The second-order valence-electron chi connectivity index (χ2n) is 8.27. The fraction of sp³-hybridized carbons (Fsp3) is 0.500. The van der Waals surface area contributed by atoms with Gasteiger partial charge in [0.15, 0.2) is 0 Å². The number of anilines is 2. The van der Waals surface area contributed by atoms with Crippen LogP contribution in [0.4, 0.5) is 11.4 Å². The summed E-state index contributed by atoms with van der Waals surface area (Å²) in [5.41, 5.74) is 11.8. The fourth-order valence-corrected chi connectivity index (χ4v) is 2.98. The van der Waals surface area contributed by atoms with Gasteiger partial charge >= 0.3 is 11.9 Å². The van der Waals surface area contributed by atoms with Crippen molar-refractivity contribution in [3.05, 3.63) is 47.5 Å². The zero-order valence-electron chi connectivity index (χ0n) is 23.3. The number of benzene rings is 2. The summed E-state index contributed by atoms with van der Waals surface area (Å²) in [7, 11) is 0. The molecule has 12 nitrogen and oxygen atoms in total. The average Bonchev–Trinajstić information content (AvgIpc) is 2.93. The largest absolute Gasteiger partial charge is 0.490 e. The van der Waals surface area contributed by atoms with Crippen LogP contribution in [0.2, 0.25) is 0 Å². The molecule has 0 bridgehead atoms. The third kappa shape index (κ3) is 15.1. The highest BCUT2D eigenvalue weighted by molar-refractivity contribution is 5.97. The third-order valence-corrected chi connectivity index (χ3v) is 4.89. The lowest BCUT2D eigenvalue weighted by molar-refractivity contribution is 0.0356. The normalized spacial score (nSPS) is 10.4. The maximum Gasteiger partial charge on any atom is 0.339 e. The molecule has 0 aliphatic carbocycles. The Morgan fingerprint density at radius 2 is 0.875 bits per heavy atom. The van der Waals surface area contributed by atoms with Crippen LogP contribution in [-0.2, 0) is 18.9 Å². The Morgan fingerprint density at radius 1 is 0.575 bits per heavy atom. The predicted molar refractivity (Wildman–Crippen MR) is 150 cm³/mol. The summed E-state index contributed by atoms with van der Waals surface area (Å²) in [5.74, 6) is -2.67. The molecule has 0 unspecified atom stereocenters. The summed E-state index contributed by atoms with van der Waals surface area (Å²) >= 11 is 0. The third-order valence-electron chi connectivity index (χ3n) is 4.89. The van der Waals surface area contributed by atoms with Crippen molar-refractivity contribution >= 4 is 23.3 Å². The molecule has 0 atom stereocenters. The molecule has 0 amide bonds. The number of hydrogen-bond donors (Lipinski definition) is 4. The maximum atomic E-state index is 11.6. The van der Waals surface area contributed by atoms with E-state index in [4.69, 9.17) is 39.9 Å². The summed E-state index contributed by atoms with van der Waals surface area (Å²) in [6.45, 7) is 7.54. The highest BCUT2D eigenvalue weighted by atomic mass is 16.6. The summed E-state index contributed by atoms with van der Waals surface area (Å²) in [6.07, 6.45) is 1.85. The number of carboxylic acid groups (broad SMARTS) is 2. The molecule has 0 saturated heterocycles. The first-order chi connectivity index (χ1) is 19.3. The number of nitrogens with two attached hydrogens (primary N) is 2. The van der Waals surface area contributed by atoms with Crippen LogP contribution in [-0.4, -0.2) is 88.2 Å². The molecular formula is C28H42N2O10. The van der Waals surface area contributed by atoms with Crippen molar-refractivity contribution in [2.45, 2.75) is 26.7 Å². The molecule has 2 aromatic carbocycles. The van der Waals surface area contributed by atoms with Crippen molar-refractivity contribution in [2.24, 2.45) is 0 Å². The van der Waals surface area contributed by atoms with Gasteiger partial charge in [-0.15, -0.1) is 0 Å². The van der Waals surface area contributed by atoms with E-state index in [-0.39, 0.29) is 49.1 Å². The van der Waals surface area contributed by atoms with Crippen molar-refractivity contribution in [2.75, 3.05) is 77.5 Å². The van der Waals surface area contributed by atoms with Gasteiger partial charge in [0.2, 0.25) is 0 Å². The van der Waals surface area contributed by atoms with Gasteiger partial charge in [-0.1, -0.05) is 13.8 Å². The van der Waals surface area contributed by atoms with E-state index in [1.54, 1.807) is 24.3 Å². The summed E-state index contributed by atoms with van der Waals surface area (Å²) in [5, 5.41) is 19.0. The number of aromatic carboxylic acids is 2. The zero-order chi connectivity index (χ0) is 29.6. The topological polar surface area (TPSA) is 182 Å². The minimum absolute atomic E-state index is 0.0568. The van der Waals surface area contributed by atoms with Crippen LogP contribution in [0.3, 0.4) is 0 Å². The molecule has 224 valence electrons. The molecule has 2 aromatic rings. The Labute approximate surface area is 235 Å². The molecule has 2 rings (SSSR count). The summed E-state index contributed by atoms with van der Waals surface area (Å²) in [6, 6.07) is 9.38. The second-order valence-corrected chi connectivity index (χ2v) is 8.27. The number of hydrogen-bond acceptors (Lipinski definition) is 10. The van der Waals surface area contributed by atoms with Gasteiger partial charge in [-0.3, -0.25) is 0 Å². The Bertz CT molecular complexity index is 907. The maximum absolute atomic E-state index is 11.6. The van der Waals surface area contributed by atoms with E-state index in [9.17, 15) is 19.8 Å².